The predicted molar refractivity (Wildman–Crippen MR) is 123 cm³/mol. The Labute approximate surface area is 186 Å². The van der Waals surface area contributed by atoms with Crippen LogP contribution in [0.1, 0.15) is 47.5 Å². The number of aliphatic imine (C=N–C) groups is 1. The molecule has 3 N–H and O–H groups in total. The Bertz CT molecular complexity index is 528. The molecule has 9 heteroatoms. The molecule has 164 valence electrons. The van der Waals surface area contributed by atoms with Gasteiger partial charge in [0.05, 0.1) is 6.04 Å². The molecule has 0 aromatic rings. The molecule has 0 bridgehead atoms. The van der Waals surface area contributed by atoms with E-state index in [4.69, 9.17) is 4.74 Å². The zero-order valence-corrected chi connectivity index (χ0v) is 20.6. The number of hydrogen-bond acceptors (Lipinski definition) is 4. The maximum absolute atomic E-state index is 12.1. The summed E-state index contributed by atoms with van der Waals surface area (Å²) in [4.78, 5) is 29.8. The fourth-order valence-electron chi connectivity index (χ4n) is 2.26. The van der Waals surface area contributed by atoms with Crippen LogP contribution in [0.3, 0.4) is 0 Å². The number of guanidine groups is 1. The number of nitrogens with zero attached hydrogens (tertiary/aromatic N) is 2. The van der Waals surface area contributed by atoms with Crippen LogP contribution in [0, 0.1) is 11.8 Å². The summed E-state index contributed by atoms with van der Waals surface area (Å²) >= 11 is 0. The Morgan fingerprint density at radius 1 is 1.14 bits per heavy atom. The first-order valence-electron chi connectivity index (χ1n) is 9.69. The molecule has 0 heterocycles. The Kier molecular flexibility index (Phi) is 11.8. The molecule has 0 aromatic heterocycles. The number of carbonyl (C=O) groups excluding carboxylic acids is 2. The van der Waals surface area contributed by atoms with Crippen LogP contribution in [0.2, 0.25) is 0 Å². The molecule has 1 aliphatic rings. The smallest absolute Gasteiger partial charge is 0.407 e. The molecule has 1 rings (SSSR count). The van der Waals surface area contributed by atoms with Crippen molar-refractivity contribution in [1.29, 1.82) is 0 Å². The number of hydrogen-bond donors (Lipinski definition) is 3. The summed E-state index contributed by atoms with van der Waals surface area (Å²) in [6, 6.07) is -0.0320. The van der Waals surface area contributed by atoms with Crippen molar-refractivity contribution in [3.8, 4) is 0 Å². The van der Waals surface area contributed by atoms with E-state index in [0.29, 0.717) is 24.3 Å². The van der Waals surface area contributed by atoms with Crippen LogP contribution in [0.4, 0.5) is 4.79 Å². The van der Waals surface area contributed by atoms with Crippen molar-refractivity contribution in [3.63, 3.8) is 0 Å². The first-order chi connectivity index (χ1) is 12.5. The van der Waals surface area contributed by atoms with Crippen LogP contribution in [-0.2, 0) is 9.53 Å². The normalized spacial score (nSPS) is 15.4. The summed E-state index contributed by atoms with van der Waals surface area (Å²) in [7, 11) is 3.42. The highest BCUT2D eigenvalue weighted by Crippen LogP contribution is 2.32. The molecule has 2 amide bonds. The standard InChI is InChI=1S/C19H37N5O3.HI/c1-13(2)10-20-17(22-12-16(25)24(6)7)21-11-15(14-8-9-14)23-18(26)27-19(3,4)5;/h13-15H,8-12H2,1-7H3,(H,23,26)(H2,20,21,22);1H. The summed E-state index contributed by atoms with van der Waals surface area (Å²) in [5, 5.41) is 9.46. The summed E-state index contributed by atoms with van der Waals surface area (Å²) < 4.78 is 5.36. The van der Waals surface area contributed by atoms with E-state index in [1.54, 1.807) is 14.1 Å². The van der Waals surface area contributed by atoms with E-state index in [9.17, 15) is 9.59 Å². The van der Waals surface area contributed by atoms with E-state index in [0.717, 1.165) is 19.4 Å². The number of amides is 2. The Hall–Kier alpha value is -1.26. The minimum Gasteiger partial charge on any atom is -0.444 e. The third-order valence-corrected chi connectivity index (χ3v) is 3.93. The SMILES string of the molecule is CC(C)CNC(=NCC(=O)N(C)C)NCC(NC(=O)OC(C)(C)C)C1CC1.I. The number of alkyl carbamates (subject to hydrolysis) is 1. The molecule has 0 radical (unpaired) electrons. The lowest BCUT2D eigenvalue weighted by Crippen LogP contribution is -2.49. The van der Waals surface area contributed by atoms with Gasteiger partial charge in [-0.15, -0.1) is 24.0 Å². The summed E-state index contributed by atoms with van der Waals surface area (Å²) in [6.07, 6.45) is 1.78. The Morgan fingerprint density at radius 3 is 2.18 bits per heavy atom. The third-order valence-electron chi connectivity index (χ3n) is 3.93. The molecule has 1 fully saturated rings. The van der Waals surface area contributed by atoms with Crippen molar-refractivity contribution in [2.75, 3.05) is 33.7 Å². The highest BCUT2D eigenvalue weighted by molar-refractivity contribution is 14.0. The lowest BCUT2D eigenvalue weighted by molar-refractivity contribution is -0.127. The minimum atomic E-state index is -0.524. The summed E-state index contributed by atoms with van der Waals surface area (Å²) in [5.74, 6) is 1.40. The monoisotopic (exact) mass is 511 g/mol. The van der Waals surface area contributed by atoms with E-state index >= 15 is 0 Å². The van der Waals surface area contributed by atoms with Gasteiger partial charge < -0.3 is 25.6 Å². The van der Waals surface area contributed by atoms with Crippen molar-refractivity contribution in [2.45, 2.75) is 59.1 Å². The molecule has 1 aliphatic carbocycles. The lowest BCUT2D eigenvalue weighted by Gasteiger charge is -2.24. The fourth-order valence-corrected chi connectivity index (χ4v) is 2.26. The van der Waals surface area contributed by atoms with E-state index in [2.05, 4.69) is 34.8 Å². The zero-order chi connectivity index (χ0) is 20.6. The number of halogens is 1. The number of rotatable bonds is 8. The van der Waals surface area contributed by atoms with Crippen molar-refractivity contribution >= 4 is 41.9 Å². The zero-order valence-electron chi connectivity index (χ0n) is 18.3. The fraction of sp³-hybridized carbons (Fsp3) is 0.842. The van der Waals surface area contributed by atoms with Crippen LogP contribution < -0.4 is 16.0 Å². The van der Waals surface area contributed by atoms with Gasteiger partial charge in [0.15, 0.2) is 5.96 Å². The van der Waals surface area contributed by atoms with Gasteiger partial charge in [-0.2, -0.15) is 0 Å². The molecule has 1 saturated carbocycles. The molecule has 1 unspecified atom stereocenters. The number of nitrogens with one attached hydrogen (secondary N) is 3. The van der Waals surface area contributed by atoms with Gasteiger partial charge in [-0.3, -0.25) is 4.79 Å². The molecule has 0 spiro atoms. The van der Waals surface area contributed by atoms with Gasteiger partial charge in [-0.25, -0.2) is 9.79 Å². The van der Waals surface area contributed by atoms with Crippen LogP contribution in [0.15, 0.2) is 4.99 Å². The van der Waals surface area contributed by atoms with E-state index in [1.807, 2.05) is 20.8 Å². The van der Waals surface area contributed by atoms with E-state index in [-0.39, 0.29) is 42.5 Å². The second-order valence-corrected chi connectivity index (χ2v) is 8.70. The van der Waals surface area contributed by atoms with E-state index < -0.39 is 11.7 Å². The molecule has 0 saturated heterocycles. The van der Waals surface area contributed by atoms with Gasteiger partial charge in [0.1, 0.15) is 12.1 Å². The van der Waals surface area contributed by atoms with Gasteiger partial charge in [0.2, 0.25) is 5.91 Å². The first-order valence-corrected chi connectivity index (χ1v) is 9.69. The molecule has 8 nitrogen and oxygen atoms in total. The second kappa shape index (κ2) is 12.3. The van der Waals surface area contributed by atoms with Gasteiger partial charge in [-0.1, -0.05) is 13.8 Å². The van der Waals surface area contributed by atoms with Gasteiger partial charge in [0.25, 0.3) is 0 Å². The lowest BCUT2D eigenvalue weighted by atomic mass is 10.2. The molecule has 0 aromatic carbocycles. The minimum absolute atomic E-state index is 0. The van der Waals surface area contributed by atoms with Crippen molar-refractivity contribution in [2.24, 2.45) is 16.8 Å². The summed E-state index contributed by atoms with van der Waals surface area (Å²) in [5.41, 5.74) is -0.524. The number of carbonyl (C=O) groups is 2. The molecule has 1 atom stereocenters. The van der Waals surface area contributed by atoms with E-state index in [1.165, 1.54) is 4.90 Å². The third kappa shape index (κ3) is 12.2. The average molecular weight is 511 g/mol. The summed E-state index contributed by atoms with van der Waals surface area (Å²) in [6.45, 7) is 11.1. The average Bonchev–Trinajstić information content (AvgIpc) is 3.35. The van der Waals surface area contributed by atoms with Crippen LogP contribution in [-0.4, -0.2) is 68.2 Å². The predicted octanol–water partition coefficient (Wildman–Crippen LogP) is 2.19. The van der Waals surface area contributed by atoms with Crippen molar-refractivity contribution in [1.82, 2.24) is 20.9 Å². The molecule has 28 heavy (non-hydrogen) atoms. The maximum atomic E-state index is 12.1. The molecular weight excluding hydrogens is 473 g/mol. The molecule has 0 aliphatic heterocycles. The highest BCUT2D eigenvalue weighted by atomic mass is 127. The Balaban J connectivity index is 0.00000729. The molecular formula is C19H38IN5O3. The van der Waals surface area contributed by atoms with Crippen LogP contribution >= 0.6 is 24.0 Å². The van der Waals surface area contributed by atoms with Crippen LogP contribution in [0.25, 0.3) is 0 Å². The number of ether oxygens (including phenoxy) is 1. The second-order valence-electron chi connectivity index (χ2n) is 8.70. The quantitative estimate of drug-likeness (QED) is 0.264. The van der Waals surface area contributed by atoms with Gasteiger partial charge in [-0.05, 0) is 45.4 Å². The van der Waals surface area contributed by atoms with Gasteiger partial charge >= 0.3 is 6.09 Å². The number of likely N-dealkylation sites (N-methyl/N-ethyl adjacent to an activating group) is 1. The largest absolute Gasteiger partial charge is 0.444 e. The topological polar surface area (TPSA) is 95.1 Å². The van der Waals surface area contributed by atoms with Crippen LogP contribution in [0.5, 0.6) is 0 Å². The Morgan fingerprint density at radius 2 is 1.71 bits per heavy atom. The first kappa shape index (κ1) is 26.7. The van der Waals surface area contributed by atoms with Crippen molar-refractivity contribution < 1.29 is 14.3 Å². The maximum Gasteiger partial charge on any atom is 0.407 e. The highest BCUT2D eigenvalue weighted by Gasteiger charge is 2.33. The van der Waals surface area contributed by atoms with Gasteiger partial charge in [0, 0.05) is 27.2 Å². The van der Waals surface area contributed by atoms with Crippen molar-refractivity contribution in [3.05, 3.63) is 0 Å².